The van der Waals surface area contributed by atoms with Gasteiger partial charge in [0, 0.05) is 22.3 Å². The zero-order valence-corrected chi connectivity index (χ0v) is 14.2. The van der Waals surface area contributed by atoms with E-state index in [9.17, 15) is 4.79 Å². The Labute approximate surface area is 140 Å². The zero-order chi connectivity index (χ0) is 17.3. The van der Waals surface area contributed by atoms with Gasteiger partial charge in [0.15, 0.2) is 0 Å². The molecule has 0 amide bonds. The Balaban J connectivity index is 2.03. The van der Waals surface area contributed by atoms with Crippen LogP contribution in [-0.4, -0.2) is 19.9 Å². The maximum absolute atomic E-state index is 12.2. The van der Waals surface area contributed by atoms with Crippen molar-refractivity contribution in [2.24, 2.45) is 0 Å². The number of hydrogen-bond donors (Lipinski definition) is 1. The highest BCUT2D eigenvalue weighted by Crippen LogP contribution is 2.19. The summed E-state index contributed by atoms with van der Waals surface area (Å²) in [5.74, 6) is 1.24. The number of aryl methyl sites for hydroxylation is 3. The third kappa shape index (κ3) is 2.97. The highest BCUT2D eigenvalue weighted by molar-refractivity contribution is 5.83. The maximum atomic E-state index is 12.2. The summed E-state index contributed by atoms with van der Waals surface area (Å²) < 4.78 is 0. The Morgan fingerprint density at radius 2 is 1.92 bits per heavy atom. The number of nitrogens with one attached hydrogen (secondary N) is 1. The van der Waals surface area contributed by atoms with Crippen molar-refractivity contribution in [3.05, 3.63) is 75.4 Å². The van der Waals surface area contributed by atoms with Crippen LogP contribution in [-0.2, 0) is 12.8 Å². The SMILES string of the molecule is C=CCc1c(C)nc(Cc2nc(C)c3cccc(C)c3n2)[nH]c1=O. The number of para-hydroxylation sites is 1. The quantitative estimate of drug-likeness (QED) is 0.750. The van der Waals surface area contributed by atoms with E-state index in [-0.39, 0.29) is 5.56 Å². The van der Waals surface area contributed by atoms with E-state index in [1.807, 2.05) is 39.0 Å². The van der Waals surface area contributed by atoms with Gasteiger partial charge in [-0.05, 0) is 32.8 Å². The summed E-state index contributed by atoms with van der Waals surface area (Å²) in [7, 11) is 0. The standard InChI is InChI=1S/C19H20N4O/c1-5-7-15-13(4)21-17(23-19(15)24)10-16-20-12(3)14-9-6-8-11(2)18(14)22-16/h5-6,8-9H,1,7,10H2,2-4H3,(H,21,23,24). The van der Waals surface area contributed by atoms with E-state index in [1.54, 1.807) is 6.08 Å². The number of H-pyrrole nitrogens is 1. The molecule has 2 aromatic heterocycles. The number of benzene rings is 1. The predicted molar refractivity (Wildman–Crippen MR) is 95.3 cm³/mol. The van der Waals surface area contributed by atoms with E-state index in [0.29, 0.717) is 30.1 Å². The molecule has 24 heavy (non-hydrogen) atoms. The molecule has 0 aliphatic heterocycles. The molecule has 0 radical (unpaired) electrons. The van der Waals surface area contributed by atoms with Crippen molar-refractivity contribution >= 4 is 10.9 Å². The van der Waals surface area contributed by atoms with E-state index in [4.69, 9.17) is 0 Å². The van der Waals surface area contributed by atoms with Crippen LogP contribution in [0.5, 0.6) is 0 Å². The minimum Gasteiger partial charge on any atom is -0.310 e. The minimum absolute atomic E-state index is 0.119. The van der Waals surface area contributed by atoms with Crippen molar-refractivity contribution in [1.82, 2.24) is 19.9 Å². The Bertz CT molecular complexity index is 989. The van der Waals surface area contributed by atoms with Gasteiger partial charge in [-0.2, -0.15) is 0 Å². The second kappa shape index (κ2) is 6.35. The van der Waals surface area contributed by atoms with Crippen molar-refractivity contribution in [3.63, 3.8) is 0 Å². The van der Waals surface area contributed by atoms with Gasteiger partial charge in [0.1, 0.15) is 11.6 Å². The molecule has 1 N–H and O–H groups in total. The molecule has 0 aliphatic rings. The van der Waals surface area contributed by atoms with Gasteiger partial charge >= 0.3 is 0 Å². The molecule has 0 spiro atoms. The van der Waals surface area contributed by atoms with Crippen molar-refractivity contribution in [3.8, 4) is 0 Å². The number of allylic oxidation sites excluding steroid dienone is 1. The Kier molecular flexibility index (Phi) is 4.25. The third-order valence-corrected chi connectivity index (χ3v) is 4.11. The second-order valence-electron chi connectivity index (χ2n) is 5.94. The number of fused-ring (bicyclic) bond motifs is 1. The first-order valence-corrected chi connectivity index (χ1v) is 7.92. The van der Waals surface area contributed by atoms with E-state index >= 15 is 0 Å². The lowest BCUT2D eigenvalue weighted by atomic mass is 10.1. The molecule has 2 heterocycles. The summed E-state index contributed by atoms with van der Waals surface area (Å²) in [4.78, 5) is 28.8. The van der Waals surface area contributed by atoms with Crippen LogP contribution in [0.25, 0.3) is 10.9 Å². The van der Waals surface area contributed by atoms with Crippen molar-refractivity contribution < 1.29 is 0 Å². The average Bonchev–Trinajstić information content (AvgIpc) is 2.52. The Morgan fingerprint density at radius 3 is 2.62 bits per heavy atom. The van der Waals surface area contributed by atoms with Gasteiger partial charge < -0.3 is 4.98 Å². The largest absolute Gasteiger partial charge is 0.310 e. The third-order valence-electron chi connectivity index (χ3n) is 4.11. The predicted octanol–water partition coefficient (Wildman–Crippen LogP) is 2.96. The van der Waals surface area contributed by atoms with Crippen LogP contribution < -0.4 is 5.56 Å². The molecule has 5 nitrogen and oxygen atoms in total. The molecule has 0 aliphatic carbocycles. The molecular formula is C19H20N4O. The molecule has 0 saturated carbocycles. The van der Waals surface area contributed by atoms with Crippen molar-refractivity contribution in [1.29, 1.82) is 0 Å². The molecule has 0 fully saturated rings. The minimum atomic E-state index is -0.119. The summed E-state index contributed by atoms with van der Waals surface area (Å²) in [6.45, 7) is 9.52. The van der Waals surface area contributed by atoms with Gasteiger partial charge in [0.25, 0.3) is 5.56 Å². The monoisotopic (exact) mass is 320 g/mol. The average molecular weight is 320 g/mol. The van der Waals surface area contributed by atoms with E-state index in [2.05, 4.69) is 26.5 Å². The van der Waals surface area contributed by atoms with Crippen molar-refractivity contribution in [2.75, 3.05) is 0 Å². The molecule has 0 saturated heterocycles. The molecule has 0 unspecified atom stereocenters. The van der Waals surface area contributed by atoms with E-state index in [0.717, 1.165) is 27.9 Å². The van der Waals surface area contributed by atoms with Crippen molar-refractivity contribution in [2.45, 2.75) is 33.6 Å². The summed E-state index contributed by atoms with van der Waals surface area (Å²) in [6.07, 6.45) is 2.62. The molecule has 5 heteroatoms. The second-order valence-corrected chi connectivity index (χ2v) is 5.94. The lowest BCUT2D eigenvalue weighted by Gasteiger charge is -2.08. The number of aromatic nitrogens is 4. The normalized spacial score (nSPS) is 11.0. The van der Waals surface area contributed by atoms with Crippen LogP contribution in [0.2, 0.25) is 0 Å². The van der Waals surface area contributed by atoms with Gasteiger partial charge in [0.2, 0.25) is 0 Å². The first kappa shape index (κ1) is 16.1. The highest BCUT2D eigenvalue weighted by Gasteiger charge is 2.11. The fourth-order valence-electron chi connectivity index (χ4n) is 2.87. The van der Waals surface area contributed by atoms with Crippen LogP contribution >= 0.6 is 0 Å². The summed E-state index contributed by atoms with van der Waals surface area (Å²) in [5.41, 5.74) is 4.25. The van der Waals surface area contributed by atoms with Crippen LogP contribution in [0.4, 0.5) is 0 Å². The molecule has 0 atom stereocenters. The fourth-order valence-corrected chi connectivity index (χ4v) is 2.87. The Morgan fingerprint density at radius 1 is 1.12 bits per heavy atom. The first-order chi connectivity index (χ1) is 11.5. The smallest absolute Gasteiger partial charge is 0.254 e. The highest BCUT2D eigenvalue weighted by atomic mass is 16.1. The topological polar surface area (TPSA) is 71.5 Å². The van der Waals surface area contributed by atoms with Gasteiger partial charge in [-0.3, -0.25) is 4.79 Å². The van der Waals surface area contributed by atoms with E-state index < -0.39 is 0 Å². The summed E-state index contributed by atoms with van der Waals surface area (Å²) >= 11 is 0. The summed E-state index contributed by atoms with van der Waals surface area (Å²) in [6, 6.07) is 6.07. The zero-order valence-electron chi connectivity index (χ0n) is 14.2. The van der Waals surface area contributed by atoms with Crippen LogP contribution in [0.3, 0.4) is 0 Å². The van der Waals surface area contributed by atoms with Crippen LogP contribution in [0.1, 0.15) is 34.2 Å². The number of rotatable bonds is 4. The van der Waals surface area contributed by atoms with Gasteiger partial charge in [0.05, 0.1) is 11.9 Å². The Hall–Kier alpha value is -2.82. The number of nitrogens with zero attached hydrogens (tertiary/aromatic N) is 3. The number of aromatic amines is 1. The molecule has 1 aromatic carbocycles. The maximum Gasteiger partial charge on any atom is 0.254 e. The van der Waals surface area contributed by atoms with Gasteiger partial charge in [-0.25, -0.2) is 15.0 Å². The molecule has 122 valence electrons. The van der Waals surface area contributed by atoms with Gasteiger partial charge in [-0.15, -0.1) is 6.58 Å². The molecular weight excluding hydrogens is 300 g/mol. The first-order valence-electron chi connectivity index (χ1n) is 7.92. The summed E-state index contributed by atoms with van der Waals surface area (Å²) in [5, 5.41) is 1.05. The molecule has 3 aromatic rings. The van der Waals surface area contributed by atoms with Gasteiger partial charge in [-0.1, -0.05) is 24.3 Å². The van der Waals surface area contributed by atoms with Crippen LogP contribution in [0.15, 0.2) is 35.6 Å². The van der Waals surface area contributed by atoms with E-state index in [1.165, 1.54) is 0 Å². The number of hydrogen-bond acceptors (Lipinski definition) is 4. The molecule has 0 bridgehead atoms. The fraction of sp³-hybridized carbons (Fsp3) is 0.263. The lowest BCUT2D eigenvalue weighted by molar-refractivity contribution is 0.849. The lowest BCUT2D eigenvalue weighted by Crippen LogP contribution is -2.19. The molecule has 3 rings (SSSR count). The van der Waals surface area contributed by atoms with Crippen LogP contribution in [0, 0.1) is 20.8 Å².